The number of hydrogen-bond donors (Lipinski definition) is 1. The van der Waals surface area contributed by atoms with Crippen molar-refractivity contribution in [2.24, 2.45) is 5.92 Å². The quantitative estimate of drug-likeness (QED) is 0.367. The third-order valence-electron chi connectivity index (χ3n) is 6.68. The van der Waals surface area contributed by atoms with Crippen LogP contribution in [0.2, 0.25) is 0 Å². The Morgan fingerprint density at radius 3 is 2.72 bits per heavy atom. The molecule has 6 heteroatoms. The summed E-state index contributed by atoms with van der Waals surface area (Å²) in [6.45, 7) is 2.18. The van der Waals surface area contributed by atoms with Crippen molar-refractivity contribution >= 4 is 28.0 Å². The van der Waals surface area contributed by atoms with Crippen LogP contribution in [0.25, 0.3) is 22.0 Å². The number of hydrogen-bond acceptors (Lipinski definition) is 5. The maximum Gasteiger partial charge on any atom is 0.295 e. The predicted molar refractivity (Wildman–Crippen MR) is 125 cm³/mol. The van der Waals surface area contributed by atoms with Crippen LogP contribution in [0.1, 0.15) is 50.5 Å². The van der Waals surface area contributed by atoms with E-state index in [1.165, 1.54) is 24.5 Å². The number of halogens is 1. The van der Waals surface area contributed by atoms with Gasteiger partial charge in [-0.1, -0.05) is 0 Å². The lowest BCUT2D eigenvalue weighted by molar-refractivity contribution is 0.301. The zero-order valence-electron chi connectivity index (χ0n) is 18.5. The van der Waals surface area contributed by atoms with Gasteiger partial charge in [-0.3, -0.25) is 4.98 Å². The maximum absolute atomic E-state index is 13.8. The highest BCUT2D eigenvalue weighted by Crippen LogP contribution is 2.40. The molecule has 0 aliphatic heterocycles. The Labute approximate surface area is 187 Å². The van der Waals surface area contributed by atoms with Crippen LogP contribution in [0, 0.1) is 11.7 Å². The third-order valence-corrected chi connectivity index (χ3v) is 6.68. The topological polar surface area (TPSA) is 60.2 Å². The van der Waals surface area contributed by atoms with Crippen molar-refractivity contribution in [1.29, 1.82) is 0 Å². The van der Waals surface area contributed by atoms with Gasteiger partial charge in [0.25, 0.3) is 6.01 Å². The fourth-order valence-electron chi connectivity index (χ4n) is 5.07. The Morgan fingerprint density at radius 2 is 1.91 bits per heavy atom. The van der Waals surface area contributed by atoms with Gasteiger partial charge in [-0.05, 0) is 92.8 Å². The summed E-state index contributed by atoms with van der Waals surface area (Å²) < 4.78 is 24.9. The number of rotatable bonds is 6. The second-order valence-electron chi connectivity index (χ2n) is 8.91. The highest BCUT2D eigenvalue weighted by Gasteiger charge is 2.25. The van der Waals surface area contributed by atoms with E-state index in [0.717, 1.165) is 47.0 Å². The molecular weight excluding hydrogens is 405 g/mol. The lowest BCUT2D eigenvalue weighted by Gasteiger charge is -2.31. The summed E-state index contributed by atoms with van der Waals surface area (Å²) in [6.07, 6.45) is 7.50. The molecule has 166 valence electrons. The Morgan fingerprint density at radius 1 is 1.09 bits per heavy atom. The van der Waals surface area contributed by atoms with E-state index in [0.29, 0.717) is 17.9 Å². The van der Waals surface area contributed by atoms with Crippen LogP contribution in [0.15, 0.2) is 53.1 Å². The minimum absolute atomic E-state index is 0.196. The zero-order valence-corrected chi connectivity index (χ0v) is 18.5. The molecule has 2 aromatic heterocycles. The van der Waals surface area contributed by atoms with Crippen molar-refractivity contribution in [3.63, 3.8) is 0 Å². The molecule has 32 heavy (non-hydrogen) atoms. The number of aromatic nitrogens is 2. The molecule has 1 aliphatic rings. The number of pyridine rings is 1. The lowest BCUT2D eigenvalue weighted by atomic mass is 9.76. The van der Waals surface area contributed by atoms with Crippen molar-refractivity contribution in [3.8, 4) is 5.75 Å². The highest BCUT2D eigenvalue weighted by molar-refractivity contribution is 5.82. The Bertz CT molecular complexity index is 1230. The van der Waals surface area contributed by atoms with Crippen LogP contribution in [-0.4, -0.2) is 23.1 Å². The van der Waals surface area contributed by atoms with Gasteiger partial charge in [-0.25, -0.2) is 4.39 Å². The van der Waals surface area contributed by atoms with Crippen LogP contribution in [0.4, 0.5) is 10.4 Å². The number of oxazole rings is 1. The van der Waals surface area contributed by atoms with E-state index in [-0.39, 0.29) is 11.9 Å². The standard InChI is InChI=1S/C26H28FN3O2/c1-16(29-26-30-24-10-8-20(31-2)15-25(24)32-26)13-17-3-5-18(6-4-17)21-11-12-28-23-9-7-19(27)14-22(21)23/h7-12,14-18H,3-6,13H2,1-2H3,(H,29,30). The predicted octanol–water partition coefficient (Wildman–Crippen LogP) is 6.69. The summed E-state index contributed by atoms with van der Waals surface area (Å²) >= 11 is 0. The van der Waals surface area contributed by atoms with Crippen LogP contribution in [-0.2, 0) is 0 Å². The van der Waals surface area contributed by atoms with E-state index >= 15 is 0 Å². The van der Waals surface area contributed by atoms with Crippen molar-refractivity contribution in [3.05, 3.63) is 60.0 Å². The van der Waals surface area contributed by atoms with Gasteiger partial charge < -0.3 is 14.5 Å². The van der Waals surface area contributed by atoms with Gasteiger partial charge in [0.15, 0.2) is 5.58 Å². The first-order chi connectivity index (χ1) is 15.6. The number of fused-ring (bicyclic) bond motifs is 2. The molecule has 2 aromatic carbocycles. The average Bonchev–Trinajstić information content (AvgIpc) is 3.20. The number of anilines is 1. The van der Waals surface area contributed by atoms with Crippen molar-refractivity contribution in [2.45, 2.75) is 51.0 Å². The Balaban J connectivity index is 1.19. The molecule has 1 fully saturated rings. The first-order valence-electron chi connectivity index (χ1n) is 11.3. The summed E-state index contributed by atoms with van der Waals surface area (Å²) in [5.74, 6) is 1.68. The monoisotopic (exact) mass is 433 g/mol. The minimum atomic E-state index is -0.196. The second kappa shape index (κ2) is 8.77. The molecule has 0 amide bonds. The fraction of sp³-hybridized carbons (Fsp3) is 0.385. The molecular formula is C26H28FN3O2. The summed E-state index contributed by atoms with van der Waals surface area (Å²) in [7, 11) is 1.64. The molecule has 1 saturated carbocycles. The zero-order chi connectivity index (χ0) is 22.1. The lowest BCUT2D eigenvalue weighted by Crippen LogP contribution is -2.23. The molecule has 0 saturated heterocycles. The van der Waals surface area contributed by atoms with Crippen molar-refractivity contribution in [1.82, 2.24) is 9.97 Å². The Hall–Kier alpha value is -3.15. The number of benzene rings is 2. The highest BCUT2D eigenvalue weighted by atomic mass is 19.1. The molecule has 1 unspecified atom stereocenters. The molecule has 1 aliphatic carbocycles. The van der Waals surface area contributed by atoms with Gasteiger partial charge in [-0.2, -0.15) is 4.98 Å². The van der Waals surface area contributed by atoms with Crippen LogP contribution < -0.4 is 10.1 Å². The number of nitrogens with one attached hydrogen (secondary N) is 1. The van der Waals surface area contributed by atoms with Crippen molar-refractivity contribution in [2.75, 3.05) is 12.4 Å². The summed E-state index contributed by atoms with van der Waals surface area (Å²) in [5.41, 5.74) is 3.66. The van der Waals surface area contributed by atoms with Gasteiger partial charge in [0, 0.05) is 23.7 Å². The summed E-state index contributed by atoms with van der Waals surface area (Å²) in [5, 5.41) is 4.38. The average molecular weight is 434 g/mol. The molecule has 5 nitrogen and oxygen atoms in total. The maximum atomic E-state index is 13.8. The van der Waals surface area contributed by atoms with Gasteiger partial charge >= 0.3 is 0 Å². The molecule has 2 heterocycles. The molecule has 1 N–H and O–H groups in total. The number of ether oxygens (including phenoxy) is 1. The fourth-order valence-corrected chi connectivity index (χ4v) is 5.07. The van der Waals surface area contributed by atoms with Crippen LogP contribution >= 0.6 is 0 Å². The smallest absolute Gasteiger partial charge is 0.295 e. The molecule has 0 radical (unpaired) electrons. The van der Waals surface area contributed by atoms with Gasteiger partial charge in [-0.15, -0.1) is 0 Å². The van der Waals surface area contributed by atoms with E-state index in [9.17, 15) is 4.39 Å². The largest absolute Gasteiger partial charge is 0.497 e. The van der Waals surface area contributed by atoms with Crippen LogP contribution in [0.5, 0.6) is 5.75 Å². The van der Waals surface area contributed by atoms with Gasteiger partial charge in [0.1, 0.15) is 17.1 Å². The minimum Gasteiger partial charge on any atom is -0.497 e. The molecule has 0 bridgehead atoms. The van der Waals surface area contributed by atoms with E-state index in [1.54, 1.807) is 19.2 Å². The normalized spacial score (nSPS) is 19.8. The Kier molecular flexibility index (Phi) is 5.68. The van der Waals surface area contributed by atoms with E-state index in [2.05, 4.69) is 28.3 Å². The van der Waals surface area contributed by atoms with Crippen molar-refractivity contribution < 1.29 is 13.5 Å². The van der Waals surface area contributed by atoms with E-state index < -0.39 is 0 Å². The molecule has 4 aromatic rings. The van der Waals surface area contributed by atoms with Gasteiger partial charge in [0.2, 0.25) is 0 Å². The van der Waals surface area contributed by atoms with Gasteiger partial charge in [0.05, 0.1) is 12.6 Å². The second-order valence-corrected chi connectivity index (χ2v) is 8.91. The molecule has 0 spiro atoms. The third kappa shape index (κ3) is 4.27. The van der Waals surface area contributed by atoms with E-state index in [4.69, 9.17) is 9.15 Å². The number of methoxy groups -OCH3 is 1. The number of nitrogens with zero attached hydrogens (tertiary/aromatic N) is 2. The molecule has 5 rings (SSSR count). The van der Waals surface area contributed by atoms with Crippen LogP contribution in [0.3, 0.4) is 0 Å². The SMILES string of the molecule is COc1ccc2nc(NC(C)CC3CCC(c4ccnc5ccc(F)cc45)CC3)oc2c1. The summed E-state index contributed by atoms with van der Waals surface area (Å²) in [4.78, 5) is 8.94. The van der Waals surface area contributed by atoms with E-state index in [1.807, 2.05) is 24.4 Å². The first-order valence-corrected chi connectivity index (χ1v) is 11.3. The molecule has 1 atom stereocenters. The summed E-state index contributed by atoms with van der Waals surface area (Å²) in [6, 6.07) is 13.4. The first kappa shape index (κ1) is 20.7.